The van der Waals surface area contributed by atoms with Gasteiger partial charge in [0.15, 0.2) is 0 Å². The molecule has 1 aliphatic carbocycles. The molecule has 2 heterocycles. The van der Waals surface area contributed by atoms with Crippen molar-refractivity contribution in [2.45, 2.75) is 92.1 Å². The molecule has 3 unspecified atom stereocenters. The quantitative estimate of drug-likeness (QED) is 0.140. The van der Waals surface area contributed by atoms with E-state index in [0.717, 1.165) is 25.7 Å². The summed E-state index contributed by atoms with van der Waals surface area (Å²) in [6.45, 7) is 1.54. The van der Waals surface area contributed by atoms with Gasteiger partial charge in [0.2, 0.25) is 15.9 Å². The first-order valence-corrected chi connectivity index (χ1v) is 18.3. The number of anilines is 1. The number of carbonyl (C=O) groups is 3. The fourth-order valence-corrected chi connectivity index (χ4v) is 9.16. The van der Waals surface area contributed by atoms with Gasteiger partial charge in [-0.2, -0.15) is 0 Å². The summed E-state index contributed by atoms with van der Waals surface area (Å²) in [5.41, 5.74) is 1.98. The maximum atomic E-state index is 13.5. The van der Waals surface area contributed by atoms with Gasteiger partial charge in [0.1, 0.15) is 23.1 Å². The predicted octanol–water partition coefficient (Wildman–Crippen LogP) is 3.62. The van der Waals surface area contributed by atoms with Crippen LogP contribution in [-0.2, 0) is 37.4 Å². The van der Waals surface area contributed by atoms with Gasteiger partial charge in [-0.3, -0.25) is 14.9 Å². The molecular formula is C30H37Cl2N5O7S2. The van der Waals surface area contributed by atoms with Crippen LogP contribution >= 0.6 is 35.1 Å². The SMILES string of the molecule is C[C@H](N[C@@H](Cc1ccc(CNS(=O)(=O)c2cc3c(cc2Cl)NC(CCl)NS3)cc1)C(=O)O)C(=O)N1C2CCCCC2C[C@H]1C(=O)O. The fraction of sp³-hybridized carbons (Fsp3) is 0.500. The minimum Gasteiger partial charge on any atom is -0.480 e. The normalized spacial score (nSPS) is 23.9. The third kappa shape index (κ3) is 7.75. The van der Waals surface area contributed by atoms with Crippen LogP contribution < -0.4 is 20.1 Å². The highest BCUT2D eigenvalue weighted by Crippen LogP contribution is 2.40. The van der Waals surface area contributed by atoms with E-state index < -0.39 is 46.0 Å². The molecule has 0 aromatic heterocycles. The van der Waals surface area contributed by atoms with Gasteiger partial charge in [-0.15, -0.1) is 11.6 Å². The van der Waals surface area contributed by atoms with Crippen molar-refractivity contribution in [3.63, 3.8) is 0 Å². The summed E-state index contributed by atoms with van der Waals surface area (Å²) in [5.74, 6) is -2.12. The zero-order valence-corrected chi connectivity index (χ0v) is 28.2. The van der Waals surface area contributed by atoms with Crippen LogP contribution in [0.3, 0.4) is 0 Å². The number of halogens is 2. The molecule has 0 radical (unpaired) electrons. The molecule has 46 heavy (non-hydrogen) atoms. The van der Waals surface area contributed by atoms with Gasteiger partial charge < -0.3 is 20.4 Å². The molecule has 6 N–H and O–H groups in total. The van der Waals surface area contributed by atoms with Crippen LogP contribution in [0.4, 0.5) is 5.69 Å². The van der Waals surface area contributed by atoms with Gasteiger partial charge in [-0.1, -0.05) is 48.7 Å². The van der Waals surface area contributed by atoms with Crippen LogP contribution in [0.1, 0.15) is 50.2 Å². The van der Waals surface area contributed by atoms with E-state index in [4.69, 9.17) is 23.2 Å². The molecule has 2 aromatic carbocycles. The summed E-state index contributed by atoms with van der Waals surface area (Å²) in [6, 6.07) is 6.78. The smallest absolute Gasteiger partial charge is 0.326 e. The first-order valence-electron chi connectivity index (χ1n) is 15.1. The van der Waals surface area contributed by atoms with E-state index in [0.29, 0.717) is 34.0 Å². The number of alkyl halides is 1. The Bertz CT molecular complexity index is 1580. The molecule has 250 valence electrons. The van der Waals surface area contributed by atoms with E-state index in [9.17, 15) is 33.0 Å². The second-order valence-electron chi connectivity index (χ2n) is 11.9. The predicted molar refractivity (Wildman–Crippen MR) is 175 cm³/mol. The average molecular weight is 715 g/mol. The van der Waals surface area contributed by atoms with Gasteiger partial charge in [-0.05, 0) is 73.7 Å². The highest BCUT2D eigenvalue weighted by atomic mass is 35.5. The topological polar surface area (TPSA) is 177 Å². The maximum Gasteiger partial charge on any atom is 0.326 e. The number of sulfonamides is 1. The molecule has 1 saturated heterocycles. The lowest BCUT2D eigenvalue weighted by Gasteiger charge is -2.35. The second kappa shape index (κ2) is 14.7. The zero-order chi connectivity index (χ0) is 33.2. The number of amides is 1. The first-order chi connectivity index (χ1) is 21.9. The Balaban J connectivity index is 1.19. The minimum atomic E-state index is -3.97. The van der Waals surface area contributed by atoms with Gasteiger partial charge >= 0.3 is 11.9 Å². The Hall–Kier alpha value is -2.59. The fourth-order valence-electron chi connectivity index (χ4n) is 6.46. The van der Waals surface area contributed by atoms with E-state index in [1.807, 2.05) is 0 Å². The number of hydrogen-bond donors (Lipinski definition) is 6. The lowest BCUT2D eigenvalue weighted by Crippen LogP contribution is -2.55. The van der Waals surface area contributed by atoms with Crippen LogP contribution in [0, 0.1) is 5.92 Å². The molecule has 6 atom stereocenters. The molecule has 1 saturated carbocycles. The van der Waals surface area contributed by atoms with Gasteiger partial charge in [0.25, 0.3) is 0 Å². The van der Waals surface area contributed by atoms with Crippen molar-refractivity contribution in [2.24, 2.45) is 5.92 Å². The second-order valence-corrected chi connectivity index (χ2v) is 15.3. The summed E-state index contributed by atoms with van der Waals surface area (Å²) >= 11 is 13.5. The lowest BCUT2D eigenvalue weighted by molar-refractivity contribution is -0.151. The number of benzene rings is 2. The summed E-state index contributed by atoms with van der Waals surface area (Å²) in [6.07, 6.45) is 3.89. The number of nitrogens with one attached hydrogen (secondary N) is 4. The largest absolute Gasteiger partial charge is 0.480 e. The van der Waals surface area contributed by atoms with Crippen LogP contribution in [-0.4, -0.2) is 77.6 Å². The Morgan fingerprint density at radius 3 is 2.48 bits per heavy atom. The monoisotopic (exact) mass is 713 g/mol. The minimum absolute atomic E-state index is 0.0249. The van der Waals surface area contributed by atoms with Crippen LogP contribution in [0.25, 0.3) is 0 Å². The van der Waals surface area contributed by atoms with Crippen molar-refractivity contribution in [3.05, 3.63) is 52.5 Å². The van der Waals surface area contributed by atoms with Crippen LogP contribution in [0.15, 0.2) is 46.2 Å². The van der Waals surface area contributed by atoms with E-state index in [-0.39, 0.29) is 41.0 Å². The summed E-state index contributed by atoms with van der Waals surface area (Å²) < 4.78 is 31.9. The van der Waals surface area contributed by atoms with Crippen molar-refractivity contribution in [1.29, 1.82) is 0 Å². The third-order valence-corrected chi connectivity index (χ3v) is 11.9. The van der Waals surface area contributed by atoms with E-state index in [1.165, 1.54) is 22.9 Å². The van der Waals surface area contributed by atoms with Gasteiger partial charge in [0, 0.05) is 17.5 Å². The van der Waals surface area contributed by atoms with Crippen LogP contribution in [0.2, 0.25) is 5.02 Å². The van der Waals surface area contributed by atoms with Crippen molar-refractivity contribution >= 4 is 68.7 Å². The number of aliphatic carboxylic acids is 2. The number of rotatable bonds is 12. The first kappa shape index (κ1) is 34.7. The summed E-state index contributed by atoms with van der Waals surface area (Å²) in [4.78, 5) is 39.7. The lowest BCUT2D eigenvalue weighted by atomic mass is 9.84. The zero-order valence-electron chi connectivity index (χ0n) is 25.0. The number of hydrogen-bond acceptors (Lipinski definition) is 9. The molecule has 12 nitrogen and oxygen atoms in total. The third-order valence-electron chi connectivity index (χ3n) is 8.80. The summed E-state index contributed by atoms with van der Waals surface area (Å²) in [7, 11) is -3.97. The van der Waals surface area contributed by atoms with Crippen molar-refractivity contribution < 1.29 is 33.0 Å². The highest BCUT2D eigenvalue weighted by Gasteiger charge is 2.48. The Kier molecular flexibility index (Phi) is 11.1. The molecule has 16 heteroatoms. The summed E-state index contributed by atoms with van der Waals surface area (Å²) in [5, 5.41) is 25.8. The van der Waals surface area contributed by atoms with Crippen molar-refractivity contribution in [3.8, 4) is 0 Å². The highest BCUT2D eigenvalue weighted by molar-refractivity contribution is 7.97. The number of carboxylic acid groups (broad SMARTS) is 2. The average Bonchev–Trinajstić information content (AvgIpc) is 3.43. The number of likely N-dealkylation sites (tertiary alicyclic amines) is 1. The molecule has 0 spiro atoms. The number of carboxylic acids is 2. The molecule has 2 aliphatic heterocycles. The Morgan fingerprint density at radius 1 is 1.11 bits per heavy atom. The molecule has 2 fully saturated rings. The van der Waals surface area contributed by atoms with Gasteiger partial charge in [0.05, 0.1) is 22.6 Å². The molecule has 1 amide bonds. The number of fused-ring (bicyclic) bond motifs is 2. The Labute approximate surface area is 282 Å². The number of carbonyl (C=O) groups excluding carboxylic acids is 1. The van der Waals surface area contributed by atoms with Crippen molar-refractivity contribution in [1.82, 2.24) is 19.7 Å². The molecule has 2 aromatic rings. The molecular weight excluding hydrogens is 677 g/mol. The van der Waals surface area contributed by atoms with Gasteiger partial charge in [-0.25, -0.2) is 22.7 Å². The van der Waals surface area contributed by atoms with Crippen molar-refractivity contribution in [2.75, 3.05) is 11.2 Å². The van der Waals surface area contributed by atoms with E-state index in [2.05, 4.69) is 20.1 Å². The standard InChI is InChI=1S/C30H37Cl2N5O7S2/c1-16(28(38)37-23-5-3-2-4-19(23)11-24(37)30(41)42)34-22(29(39)40)10-17-6-8-18(9-7-17)15-33-46(43,44)26-13-25-21(12-20(26)32)35-27(14-31)36-45-25/h6-9,12-13,16,19,22-24,27,33-36H,2-5,10-11,14-15H2,1H3,(H,39,40)(H,41,42)/t16-,19?,22-,23?,24-,27?/m0/s1. The molecule has 3 aliphatic rings. The maximum absolute atomic E-state index is 13.5. The van der Waals surface area contributed by atoms with Crippen LogP contribution in [0.5, 0.6) is 0 Å². The Morgan fingerprint density at radius 2 is 1.80 bits per heavy atom. The van der Waals surface area contributed by atoms with E-state index in [1.54, 1.807) is 37.3 Å². The molecule has 5 rings (SSSR count). The molecule has 0 bridgehead atoms. The number of nitrogens with zero attached hydrogens (tertiary/aromatic N) is 1. The van der Waals surface area contributed by atoms with E-state index >= 15 is 0 Å².